The molecule has 4 heteroatoms. The lowest BCUT2D eigenvalue weighted by molar-refractivity contribution is 0.631. The van der Waals surface area contributed by atoms with Crippen molar-refractivity contribution in [2.75, 3.05) is 0 Å². The maximum absolute atomic E-state index is 13.7. The molecule has 0 aliphatic heterocycles. The van der Waals surface area contributed by atoms with E-state index in [1.165, 1.54) is 12.1 Å². The summed E-state index contributed by atoms with van der Waals surface area (Å²) in [5.74, 6) is -0.368. The van der Waals surface area contributed by atoms with Crippen molar-refractivity contribution in [3.63, 3.8) is 0 Å². The van der Waals surface area contributed by atoms with Crippen LogP contribution in [-0.4, -0.2) is 0 Å². The third-order valence-corrected chi connectivity index (χ3v) is 3.05. The van der Waals surface area contributed by atoms with Gasteiger partial charge in [-0.15, -0.1) is 0 Å². The minimum Gasteiger partial charge on any atom is -0.206 e. The smallest absolute Gasteiger partial charge is 0.131 e. The zero-order valence-corrected chi connectivity index (χ0v) is 10.9. The molecule has 0 spiro atoms. The van der Waals surface area contributed by atoms with Gasteiger partial charge in [0.15, 0.2) is 0 Å². The van der Waals surface area contributed by atoms with Crippen molar-refractivity contribution in [2.45, 2.75) is 0 Å². The van der Waals surface area contributed by atoms with Crippen LogP contribution < -0.4 is 0 Å². The zero-order chi connectivity index (χ0) is 12.4. The molecule has 0 heterocycles. The van der Waals surface area contributed by atoms with Gasteiger partial charge in [-0.25, -0.2) is 4.39 Å². The van der Waals surface area contributed by atoms with E-state index >= 15 is 0 Å². The van der Waals surface area contributed by atoms with Crippen LogP contribution in [0.25, 0.3) is 11.1 Å². The summed E-state index contributed by atoms with van der Waals surface area (Å²) in [6.07, 6.45) is 0. The third kappa shape index (κ3) is 2.49. The molecule has 0 unspecified atom stereocenters. The standard InChI is InChI=1S/C13H6BrClFN/c14-9-1-4-13(16)12(6-9)11-3-2-10(15)5-8(11)7-17/h1-6H. The third-order valence-electron chi connectivity index (χ3n) is 2.32. The van der Waals surface area contributed by atoms with Gasteiger partial charge in [-0.3, -0.25) is 0 Å². The Morgan fingerprint density at radius 1 is 1.12 bits per heavy atom. The van der Waals surface area contributed by atoms with Gasteiger partial charge in [-0.2, -0.15) is 5.26 Å². The molecule has 0 aromatic heterocycles. The lowest BCUT2D eigenvalue weighted by Crippen LogP contribution is -1.88. The van der Waals surface area contributed by atoms with Gasteiger partial charge in [-0.05, 0) is 30.3 Å². The van der Waals surface area contributed by atoms with E-state index < -0.39 is 0 Å². The Balaban J connectivity index is 2.69. The highest BCUT2D eigenvalue weighted by Gasteiger charge is 2.10. The van der Waals surface area contributed by atoms with E-state index in [1.54, 1.807) is 24.3 Å². The predicted molar refractivity (Wildman–Crippen MR) is 69.3 cm³/mol. The van der Waals surface area contributed by atoms with E-state index in [9.17, 15) is 4.39 Å². The maximum atomic E-state index is 13.7. The van der Waals surface area contributed by atoms with Crippen LogP contribution in [0.15, 0.2) is 40.9 Å². The Kier molecular flexibility index (Phi) is 3.46. The Hall–Kier alpha value is -1.37. The topological polar surface area (TPSA) is 23.8 Å². The van der Waals surface area contributed by atoms with Crippen LogP contribution in [0.1, 0.15) is 5.56 Å². The molecule has 0 aliphatic carbocycles. The Morgan fingerprint density at radius 3 is 2.59 bits per heavy atom. The highest BCUT2D eigenvalue weighted by Crippen LogP contribution is 2.30. The molecule has 0 amide bonds. The fraction of sp³-hybridized carbons (Fsp3) is 0. The Labute approximate surface area is 112 Å². The fourth-order valence-corrected chi connectivity index (χ4v) is 2.08. The lowest BCUT2D eigenvalue weighted by atomic mass is 10.00. The van der Waals surface area contributed by atoms with E-state index in [-0.39, 0.29) is 5.82 Å². The van der Waals surface area contributed by atoms with Gasteiger partial charge >= 0.3 is 0 Å². The van der Waals surface area contributed by atoms with Gasteiger partial charge in [0.25, 0.3) is 0 Å². The molecule has 0 aliphatic rings. The largest absolute Gasteiger partial charge is 0.206 e. The van der Waals surface area contributed by atoms with Gasteiger partial charge < -0.3 is 0 Å². The van der Waals surface area contributed by atoms with E-state index in [4.69, 9.17) is 16.9 Å². The molecule has 0 radical (unpaired) electrons. The summed E-state index contributed by atoms with van der Waals surface area (Å²) in [5.41, 5.74) is 1.28. The number of hydrogen-bond acceptors (Lipinski definition) is 1. The fourth-order valence-electron chi connectivity index (χ4n) is 1.55. The van der Waals surface area contributed by atoms with Crippen molar-refractivity contribution in [3.05, 3.63) is 57.3 Å². The van der Waals surface area contributed by atoms with Crippen molar-refractivity contribution in [1.82, 2.24) is 0 Å². The quantitative estimate of drug-likeness (QED) is 0.743. The molecule has 0 bridgehead atoms. The first-order valence-electron chi connectivity index (χ1n) is 4.77. The van der Waals surface area contributed by atoms with Gasteiger partial charge in [0, 0.05) is 20.6 Å². The summed E-state index contributed by atoms with van der Waals surface area (Å²) in [4.78, 5) is 0. The average Bonchev–Trinajstić information content (AvgIpc) is 2.32. The van der Waals surface area contributed by atoms with E-state index in [0.29, 0.717) is 21.7 Å². The van der Waals surface area contributed by atoms with E-state index in [2.05, 4.69) is 15.9 Å². The molecule has 17 heavy (non-hydrogen) atoms. The molecule has 2 rings (SSSR count). The highest BCUT2D eigenvalue weighted by atomic mass is 79.9. The molecule has 0 saturated carbocycles. The van der Waals surface area contributed by atoms with Crippen molar-refractivity contribution < 1.29 is 4.39 Å². The summed E-state index contributed by atoms with van der Waals surface area (Å²) in [6.45, 7) is 0. The number of halogens is 3. The molecule has 0 N–H and O–H groups in total. The summed E-state index contributed by atoms with van der Waals surface area (Å²) in [7, 11) is 0. The SMILES string of the molecule is N#Cc1cc(Cl)ccc1-c1cc(Br)ccc1F. The minimum absolute atomic E-state index is 0.356. The molecular weight excluding hydrogens is 305 g/mol. The molecule has 0 saturated heterocycles. The number of rotatable bonds is 1. The van der Waals surface area contributed by atoms with Crippen molar-refractivity contribution in [3.8, 4) is 17.2 Å². The molecule has 0 fully saturated rings. The molecule has 2 aromatic rings. The van der Waals surface area contributed by atoms with Gasteiger partial charge in [0.2, 0.25) is 0 Å². The average molecular weight is 311 g/mol. The molecular formula is C13H6BrClFN. The number of hydrogen-bond donors (Lipinski definition) is 0. The second kappa shape index (κ2) is 4.87. The zero-order valence-electron chi connectivity index (χ0n) is 8.55. The monoisotopic (exact) mass is 309 g/mol. The summed E-state index contributed by atoms with van der Waals surface area (Å²) < 4.78 is 14.5. The molecule has 0 atom stereocenters. The molecule has 84 valence electrons. The van der Waals surface area contributed by atoms with Crippen LogP contribution in [0, 0.1) is 17.1 Å². The number of benzene rings is 2. The molecule has 2 aromatic carbocycles. The van der Waals surface area contributed by atoms with Crippen molar-refractivity contribution in [1.29, 1.82) is 5.26 Å². The van der Waals surface area contributed by atoms with Crippen LogP contribution in [0.5, 0.6) is 0 Å². The van der Waals surface area contributed by atoms with E-state index in [0.717, 1.165) is 4.47 Å². The van der Waals surface area contributed by atoms with Crippen LogP contribution in [0.2, 0.25) is 5.02 Å². The first-order chi connectivity index (χ1) is 8.11. The highest BCUT2D eigenvalue weighted by molar-refractivity contribution is 9.10. The van der Waals surface area contributed by atoms with Gasteiger partial charge in [-0.1, -0.05) is 33.6 Å². The minimum atomic E-state index is -0.368. The summed E-state index contributed by atoms with van der Waals surface area (Å²) in [6, 6.07) is 11.4. The number of nitrogens with zero attached hydrogens (tertiary/aromatic N) is 1. The van der Waals surface area contributed by atoms with Crippen LogP contribution in [0.4, 0.5) is 4.39 Å². The lowest BCUT2D eigenvalue weighted by Gasteiger charge is -2.06. The second-order valence-corrected chi connectivity index (χ2v) is 4.78. The maximum Gasteiger partial charge on any atom is 0.131 e. The Bertz CT molecular complexity index is 619. The van der Waals surface area contributed by atoms with Crippen LogP contribution in [0.3, 0.4) is 0 Å². The molecule has 1 nitrogen and oxygen atoms in total. The van der Waals surface area contributed by atoms with Gasteiger partial charge in [0.1, 0.15) is 5.82 Å². The van der Waals surface area contributed by atoms with E-state index in [1.807, 2.05) is 6.07 Å². The normalized spacial score (nSPS) is 10.0. The second-order valence-electron chi connectivity index (χ2n) is 3.43. The van der Waals surface area contributed by atoms with Crippen LogP contribution in [-0.2, 0) is 0 Å². The predicted octanol–water partition coefficient (Wildman–Crippen LogP) is 4.78. The van der Waals surface area contributed by atoms with Crippen molar-refractivity contribution in [2.24, 2.45) is 0 Å². The van der Waals surface area contributed by atoms with Crippen molar-refractivity contribution >= 4 is 27.5 Å². The first-order valence-corrected chi connectivity index (χ1v) is 5.94. The van der Waals surface area contributed by atoms with Crippen LogP contribution >= 0.6 is 27.5 Å². The summed E-state index contributed by atoms with van der Waals surface area (Å²) in [5, 5.41) is 9.48. The Morgan fingerprint density at radius 2 is 1.88 bits per heavy atom. The van der Waals surface area contributed by atoms with Gasteiger partial charge in [0.05, 0.1) is 11.6 Å². The number of nitriles is 1. The first kappa shape index (κ1) is 12.1. The summed E-state index contributed by atoms with van der Waals surface area (Å²) >= 11 is 9.08.